The Morgan fingerprint density at radius 3 is 2.33 bits per heavy atom. The van der Waals surface area contributed by atoms with Gasteiger partial charge >= 0.3 is 5.97 Å². The first kappa shape index (κ1) is 9.56. The second kappa shape index (κ2) is 3.08. The number of carbonyl (C=O) groups is 1. The van der Waals surface area contributed by atoms with Gasteiger partial charge in [0.1, 0.15) is 6.10 Å². The summed E-state index contributed by atoms with van der Waals surface area (Å²) in [6.45, 7) is 8.34. The lowest BCUT2D eigenvalue weighted by atomic mass is 9.79. The molecule has 1 saturated heterocycles. The van der Waals surface area contributed by atoms with Crippen LogP contribution in [-0.2, 0) is 9.53 Å². The third-order valence-electron chi connectivity index (χ3n) is 2.57. The molecule has 70 valence electrons. The number of hydrogen-bond donors (Lipinski definition) is 0. The standard InChI is InChI=1S/C10H18O2/c1-5-7-6-8(9(11)12-7)10(2,3)4/h7-8H,5-6H2,1-4H3. The van der Waals surface area contributed by atoms with Gasteiger partial charge in [-0.1, -0.05) is 27.7 Å². The maximum absolute atomic E-state index is 11.4. The van der Waals surface area contributed by atoms with Gasteiger partial charge in [0.05, 0.1) is 5.92 Å². The maximum atomic E-state index is 11.4. The predicted molar refractivity (Wildman–Crippen MR) is 47.7 cm³/mol. The number of esters is 1. The van der Waals surface area contributed by atoms with Crippen LogP contribution in [0.15, 0.2) is 0 Å². The van der Waals surface area contributed by atoms with E-state index in [0.29, 0.717) is 0 Å². The molecular formula is C10H18O2. The normalized spacial score (nSPS) is 30.5. The van der Waals surface area contributed by atoms with E-state index >= 15 is 0 Å². The van der Waals surface area contributed by atoms with E-state index in [2.05, 4.69) is 27.7 Å². The van der Waals surface area contributed by atoms with Crippen LogP contribution >= 0.6 is 0 Å². The second-order valence-corrected chi connectivity index (χ2v) is 4.62. The molecule has 0 saturated carbocycles. The van der Waals surface area contributed by atoms with Gasteiger partial charge in [0, 0.05) is 0 Å². The smallest absolute Gasteiger partial charge is 0.309 e. The molecule has 2 atom stereocenters. The molecule has 2 heteroatoms. The molecule has 0 aromatic rings. The van der Waals surface area contributed by atoms with E-state index in [0.717, 1.165) is 12.8 Å². The third kappa shape index (κ3) is 1.79. The quantitative estimate of drug-likeness (QED) is 0.565. The van der Waals surface area contributed by atoms with Crippen LogP contribution in [0, 0.1) is 11.3 Å². The largest absolute Gasteiger partial charge is 0.462 e. The van der Waals surface area contributed by atoms with Crippen LogP contribution in [0.25, 0.3) is 0 Å². The molecule has 2 nitrogen and oxygen atoms in total. The van der Waals surface area contributed by atoms with Crippen molar-refractivity contribution in [2.75, 3.05) is 0 Å². The molecule has 0 bridgehead atoms. The van der Waals surface area contributed by atoms with Crippen LogP contribution in [-0.4, -0.2) is 12.1 Å². The summed E-state index contributed by atoms with van der Waals surface area (Å²) >= 11 is 0. The van der Waals surface area contributed by atoms with Crippen molar-refractivity contribution in [3.05, 3.63) is 0 Å². The zero-order chi connectivity index (χ0) is 9.35. The molecule has 0 spiro atoms. The summed E-state index contributed by atoms with van der Waals surface area (Å²) in [7, 11) is 0. The van der Waals surface area contributed by atoms with E-state index in [9.17, 15) is 4.79 Å². The molecule has 0 N–H and O–H groups in total. The van der Waals surface area contributed by atoms with Crippen LogP contribution in [0.3, 0.4) is 0 Å². The fourth-order valence-electron chi connectivity index (χ4n) is 1.61. The molecule has 1 fully saturated rings. The predicted octanol–water partition coefficient (Wildman–Crippen LogP) is 2.37. The Kier molecular flexibility index (Phi) is 2.45. The first-order valence-corrected chi connectivity index (χ1v) is 4.65. The minimum atomic E-state index is -0.00523. The highest BCUT2D eigenvalue weighted by Gasteiger charge is 2.40. The minimum absolute atomic E-state index is 0.00523. The molecule has 0 radical (unpaired) electrons. The molecule has 1 aliphatic rings. The van der Waals surface area contributed by atoms with Crippen LogP contribution in [0.2, 0.25) is 0 Å². The van der Waals surface area contributed by atoms with Gasteiger partial charge in [-0.25, -0.2) is 0 Å². The maximum Gasteiger partial charge on any atom is 0.309 e. The lowest BCUT2D eigenvalue weighted by Gasteiger charge is -2.22. The Hall–Kier alpha value is -0.530. The van der Waals surface area contributed by atoms with Gasteiger partial charge < -0.3 is 4.74 Å². The van der Waals surface area contributed by atoms with Gasteiger partial charge in [0.2, 0.25) is 0 Å². The van der Waals surface area contributed by atoms with Gasteiger partial charge in [-0.2, -0.15) is 0 Å². The van der Waals surface area contributed by atoms with Crippen molar-refractivity contribution in [2.24, 2.45) is 11.3 Å². The summed E-state index contributed by atoms with van der Waals surface area (Å²) in [5, 5.41) is 0. The fourth-order valence-corrected chi connectivity index (χ4v) is 1.61. The van der Waals surface area contributed by atoms with E-state index in [1.807, 2.05) is 0 Å². The van der Waals surface area contributed by atoms with E-state index < -0.39 is 0 Å². The number of rotatable bonds is 1. The minimum Gasteiger partial charge on any atom is -0.462 e. The van der Waals surface area contributed by atoms with Crippen molar-refractivity contribution in [1.82, 2.24) is 0 Å². The number of cyclic esters (lactones) is 1. The Labute approximate surface area is 74.3 Å². The molecule has 1 heterocycles. The van der Waals surface area contributed by atoms with Crippen molar-refractivity contribution in [3.8, 4) is 0 Å². The fraction of sp³-hybridized carbons (Fsp3) is 0.900. The zero-order valence-corrected chi connectivity index (χ0v) is 8.39. The Morgan fingerprint density at radius 1 is 1.50 bits per heavy atom. The Balaban J connectivity index is 2.64. The van der Waals surface area contributed by atoms with Crippen molar-refractivity contribution in [2.45, 2.75) is 46.6 Å². The first-order valence-electron chi connectivity index (χ1n) is 4.65. The van der Waals surface area contributed by atoms with Crippen LogP contribution in [0.4, 0.5) is 0 Å². The first-order chi connectivity index (χ1) is 5.45. The Bertz CT molecular complexity index is 179. The van der Waals surface area contributed by atoms with Crippen molar-refractivity contribution >= 4 is 5.97 Å². The van der Waals surface area contributed by atoms with Crippen LogP contribution in [0.5, 0.6) is 0 Å². The summed E-state index contributed by atoms with van der Waals surface area (Å²) < 4.78 is 5.21. The Morgan fingerprint density at radius 2 is 2.08 bits per heavy atom. The van der Waals surface area contributed by atoms with E-state index in [1.54, 1.807) is 0 Å². The van der Waals surface area contributed by atoms with Gasteiger partial charge in [-0.15, -0.1) is 0 Å². The molecule has 0 aromatic heterocycles. The summed E-state index contributed by atoms with van der Waals surface area (Å²) in [6.07, 6.45) is 2.01. The molecule has 1 aliphatic heterocycles. The SMILES string of the molecule is CCC1CC(C(C)(C)C)C(=O)O1. The molecule has 0 aromatic carbocycles. The molecule has 1 rings (SSSR count). The van der Waals surface area contributed by atoms with E-state index in [-0.39, 0.29) is 23.4 Å². The van der Waals surface area contributed by atoms with Crippen LogP contribution in [0.1, 0.15) is 40.5 Å². The highest BCUT2D eigenvalue weighted by Crippen LogP contribution is 2.36. The molecule has 0 amide bonds. The molecule has 12 heavy (non-hydrogen) atoms. The average Bonchev–Trinajstić information content (AvgIpc) is 2.29. The monoisotopic (exact) mass is 170 g/mol. The number of ether oxygens (including phenoxy) is 1. The summed E-state index contributed by atoms with van der Waals surface area (Å²) in [5.74, 6) is 0.0943. The highest BCUT2D eigenvalue weighted by atomic mass is 16.5. The highest BCUT2D eigenvalue weighted by molar-refractivity contribution is 5.75. The molecule has 0 aliphatic carbocycles. The van der Waals surface area contributed by atoms with Crippen molar-refractivity contribution < 1.29 is 9.53 Å². The lowest BCUT2D eigenvalue weighted by molar-refractivity contribution is -0.146. The number of carbonyl (C=O) groups excluding carboxylic acids is 1. The molecule has 2 unspecified atom stereocenters. The summed E-state index contributed by atoms with van der Waals surface area (Å²) in [6, 6.07) is 0. The second-order valence-electron chi connectivity index (χ2n) is 4.62. The number of hydrogen-bond acceptors (Lipinski definition) is 2. The van der Waals surface area contributed by atoms with Gasteiger partial charge in [-0.05, 0) is 18.3 Å². The topological polar surface area (TPSA) is 26.3 Å². The summed E-state index contributed by atoms with van der Waals surface area (Å²) in [5.41, 5.74) is 0.0566. The van der Waals surface area contributed by atoms with Crippen molar-refractivity contribution in [3.63, 3.8) is 0 Å². The zero-order valence-electron chi connectivity index (χ0n) is 8.39. The lowest BCUT2D eigenvalue weighted by Crippen LogP contribution is -2.24. The van der Waals surface area contributed by atoms with E-state index in [4.69, 9.17) is 4.74 Å². The average molecular weight is 170 g/mol. The summed E-state index contributed by atoms with van der Waals surface area (Å²) in [4.78, 5) is 11.4. The third-order valence-corrected chi connectivity index (χ3v) is 2.57. The van der Waals surface area contributed by atoms with Crippen molar-refractivity contribution in [1.29, 1.82) is 0 Å². The molecular weight excluding hydrogens is 152 g/mol. The van der Waals surface area contributed by atoms with Gasteiger partial charge in [0.25, 0.3) is 0 Å². The van der Waals surface area contributed by atoms with E-state index in [1.165, 1.54) is 0 Å². The van der Waals surface area contributed by atoms with Gasteiger partial charge in [0.15, 0.2) is 0 Å². The van der Waals surface area contributed by atoms with Crippen LogP contribution < -0.4 is 0 Å². The van der Waals surface area contributed by atoms with Gasteiger partial charge in [-0.3, -0.25) is 4.79 Å².